The van der Waals surface area contributed by atoms with Crippen LogP contribution in [-0.4, -0.2) is 6.29 Å². The normalized spacial score (nSPS) is 27.6. The van der Waals surface area contributed by atoms with Crippen molar-refractivity contribution in [3.05, 3.63) is 23.8 Å². The molecule has 1 nitrogen and oxygen atoms in total. The Kier molecular flexibility index (Phi) is 2.51. The van der Waals surface area contributed by atoms with Crippen LogP contribution in [0.4, 0.5) is 0 Å². The summed E-state index contributed by atoms with van der Waals surface area (Å²) in [6.45, 7) is 6.35. The Labute approximate surface area is 74.2 Å². The lowest BCUT2D eigenvalue weighted by atomic mass is 9.84. The molecule has 1 atom stereocenters. The molecule has 1 unspecified atom stereocenters. The van der Waals surface area contributed by atoms with Crippen LogP contribution >= 0.6 is 0 Å². The minimum atomic E-state index is 0.0926. The first-order valence-electron chi connectivity index (χ1n) is 4.36. The van der Waals surface area contributed by atoms with Gasteiger partial charge in [-0.2, -0.15) is 0 Å². The van der Waals surface area contributed by atoms with Crippen molar-refractivity contribution in [3.8, 4) is 0 Å². The van der Waals surface area contributed by atoms with Crippen molar-refractivity contribution in [1.29, 1.82) is 0 Å². The monoisotopic (exact) mass is 164 g/mol. The van der Waals surface area contributed by atoms with Gasteiger partial charge in [0.2, 0.25) is 0 Å². The van der Waals surface area contributed by atoms with Crippen LogP contribution < -0.4 is 0 Å². The number of carbonyl (C=O) groups excluding carboxylic acids is 1. The Bertz CT molecular complexity index is 233. The lowest BCUT2D eigenvalue weighted by Gasteiger charge is -2.20. The largest absolute Gasteiger partial charge is 0.303 e. The molecule has 0 aromatic rings. The van der Waals surface area contributed by atoms with E-state index in [1.807, 2.05) is 13.0 Å². The van der Waals surface area contributed by atoms with E-state index in [1.165, 1.54) is 5.57 Å². The van der Waals surface area contributed by atoms with Crippen LogP contribution in [-0.2, 0) is 4.79 Å². The molecular formula is C11H16O. The first-order chi connectivity index (χ1) is 5.53. The van der Waals surface area contributed by atoms with E-state index in [-0.39, 0.29) is 11.3 Å². The van der Waals surface area contributed by atoms with Gasteiger partial charge in [-0.15, -0.1) is 0 Å². The van der Waals surface area contributed by atoms with Crippen molar-refractivity contribution >= 4 is 6.29 Å². The summed E-state index contributed by atoms with van der Waals surface area (Å²) < 4.78 is 0. The summed E-state index contributed by atoms with van der Waals surface area (Å²) >= 11 is 0. The minimum absolute atomic E-state index is 0.0926. The van der Waals surface area contributed by atoms with Gasteiger partial charge < -0.3 is 4.79 Å². The summed E-state index contributed by atoms with van der Waals surface area (Å²) in [7, 11) is 0. The molecule has 0 heterocycles. The Morgan fingerprint density at radius 2 is 2.25 bits per heavy atom. The van der Waals surface area contributed by atoms with Crippen LogP contribution in [0.2, 0.25) is 0 Å². The molecule has 1 aliphatic carbocycles. The van der Waals surface area contributed by atoms with Gasteiger partial charge in [-0.3, -0.25) is 0 Å². The van der Waals surface area contributed by atoms with Crippen LogP contribution in [0.1, 0.15) is 27.2 Å². The lowest BCUT2D eigenvalue weighted by molar-refractivity contribution is -0.110. The Morgan fingerprint density at radius 3 is 2.83 bits per heavy atom. The van der Waals surface area contributed by atoms with E-state index >= 15 is 0 Å². The molecule has 1 heteroatoms. The second-order valence-corrected chi connectivity index (χ2v) is 4.24. The van der Waals surface area contributed by atoms with Crippen molar-refractivity contribution in [2.45, 2.75) is 27.2 Å². The van der Waals surface area contributed by atoms with Gasteiger partial charge in [-0.05, 0) is 18.8 Å². The highest BCUT2D eigenvalue weighted by Crippen LogP contribution is 2.30. The van der Waals surface area contributed by atoms with Crippen LogP contribution in [0.5, 0.6) is 0 Å². The molecule has 0 fully saturated rings. The fourth-order valence-corrected chi connectivity index (χ4v) is 1.57. The van der Waals surface area contributed by atoms with Gasteiger partial charge in [-0.1, -0.05) is 37.6 Å². The maximum atomic E-state index is 10.7. The Balaban J connectivity index is 2.87. The summed E-state index contributed by atoms with van der Waals surface area (Å²) in [5.41, 5.74) is 1.34. The van der Waals surface area contributed by atoms with Crippen LogP contribution in [0.3, 0.4) is 0 Å². The van der Waals surface area contributed by atoms with Gasteiger partial charge in [0.05, 0.1) is 0 Å². The second-order valence-electron chi connectivity index (χ2n) is 4.24. The van der Waals surface area contributed by atoms with Crippen molar-refractivity contribution in [2.75, 3.05) is 0 Å². The van der Waals surface area contributed by atoms with E-state index in [9.17, 15) is 4.79 Å². The molecule has 0 saturated heterocycles. The molecule has 66 valence electrons. The zero-order chi connectivity index (χ0) is 9.19. The van der Waals surface area contributed by atoms with Crippen molar-refractivity contribution in [2.24, 2.45) is 11.3 Å². The van der Waals surface area contributed by atoms with Crippen LogP contribution in [0, 0.1) is 11.3 Å². The van der Waals surface area contributed by atoms with E-state index in [0.29, 0.717) is 0 Å². The quantitative estimate of drug-likeness (QED) is 0.544. The number of aldehydes is 1. The number of hydrogen-bond acceptors (Lipinski definition) is 1. The maximum Gasteiger partial charge on any atom is 0.126 e. The summed E-state index contributed by atoms with van der Waals surface area (Å²) in [4.78, 5) is 10.7. The zero-order valence-electron chi connectivity index (χ0n) is 8.00. The molecule has 1 rings (SSSR count). The highest BCUT2D eigenvalue weighted by Gasteiger charge is 2.20. The van der Waals surface area contributed by atoms with Gasteiger partial charge in [-0.25, -0.2) is 0 Å². The minimum Gasteiger partial charge on any atom is -0.303 e. The zero-order valence-corrected chi connectivity index (χ0v) is 8.00. The van der Waals surface area contributed by atoms with E-state index in [1.54, 1.807) is 0 Å². The van der Waals surface area contributed by atoms with Crippen LogP contribution in [0.25, 0.3) is 0 Å². The van der Waals surface area contributed by atoms with E-state index in [0.717, 1.165) is 12.7 Å². The third-order valence-corrected chi connectivity index (χ3v) is 2.21. The fraction of sp³-hybridized carbons (Fsp3) is 0.545. The molecule has 0 aromatic carbocycles. The summed E-state index contributed by atoms with van der Waals surface area (Å²) in [5, 5.41) is 0. The first-order valence-corrected chi connectivity index (χ1v) is 4.36. The molecule has 0 saturated carbocycles. The number of rotatable bonds is 1. The van der Waals surface area contributed by atoms with E-state index < -0.39 is 0 Å². The second kappa shape index (κ2) is 3.26. The van der Waals surface area contributed by atoms with Crippen LogP contribution in [0.15, 0.2) is 23.8 Å². The fourth-order valence-electron chi connectivity index (χ4n) is 1.57. The van der Waals surface area contributed by atoms with Gasteiger partial charge in [0.1, 0.15) is 6.29 Å². The molecule has 0 bridgehead atoms. The standard InChI is InChI=1S/C11H16O/c1-9-4-5-11(2,3)7-10(6-9)8-12/h4-6,8,10H,7H2,1-3H3. The van der Waals surface area contributed by atoms with E-state index in [4.69, 9.17) is 0 Å². The number of hydrogen-bond donors (Lipinski definition) is 0. The summed E-state index contributed by atoms with van der Waals surface area (Å²) in [6, 6.07) is 0. The highest BCUT2D eigenvalue weighted by atomic mass is 16.1. The van der Waals surface area contributed by atoms with Gasteiger partial charge >= 0.3 is 0 Å². The van der Waals surface area contributed by atoms with Crippen molar-refractivity contribution < 1.29 is 4.79 Å². The van der Waals surface area contributed by atoms with Crippen molar-refractivity contribution in [1.82, 2.24) is 0 Å². The molecule has 0 amide bonds. The molecule has 0 aliphatic heterocycles. The maximum absolute atomic E-state index is 10.7. The summed E-state index contributed by atoms with van der Waals surface area (Å²) in [6.07, 6.45) is 8.28. The van der Waals surface area contributed by atoms with Gasteiger partial charge in [0.15, 0.2) is 0 Å². The van der Waals surface area contributed by atoms with Crippen molar-refractivity contribution in [3.63, 3.8) is 0 Å². The first kappa shape index (κ1) is 9.24. The third kappa shape index (κ3) is 2.33. The predicted molar refractivity (Wildman–Crippen MR) is 50.8 cm³/mol. The predicted octanol–water partition coefficient (Wildman–Crippen LogP) is 2.73. The van der Waals surface area contributed by atoms with Gasteiger partial charge in [0, 0.05) is 5.92 Å². The topological polar surface area (TPSA) is 17.1 Å². The van der Waals surface area contributed by atoms with Gasteiger partial charge in [0.25, 0.3) is 0 Å². The number of carbonyl (C=O) groups is 1. The Morgan fingerprint density at radius 1 is 1.58 bits per heavy atom. The Hall–Kier alpha value is -0.850. The highest BCUT2D eigenvalue weighted by molar-refractivity contribution is 5.58. The third-order valence-electron chi connectivity index (χ3n) is 2.21. The molecule has 0 N–H and O–H groups in total. The molecule has 0 aromatic heterocycles. The lowest BCUT2D eigenvalue weighted by Crippen LogP contribution is -2.12. The average molecular weight is 164 g/mol. The summed E-state index contributed by atoms with van der Waals surface area (Å²) in [5.74, 6) is 0.0926. The average Bonchev–Trinajstić information content (AvgIpc) is 2.10. The molecule has 0 radical (unpaired) electrons. The molecule has 1 aliphatic rings. The SMILES string of the molecule is CC1=CC(C=O)CC(C)(C)C=C1. The smallest absolute Gasteiger partial charge is 0.126 e. The molecule has 0 spiro atoms. The molecular weight excluding hydrogens is 148 g/mol. The number of allylic oxidation sites excluding steroid dienone is 4. The van der Waals surface area contributed by atoms with E-state index in [2.05, 4.69) is 26.0 Å². The molecule has 12 heavy (non-hydrogen) atoms.